The van der Waals surface area contributed by atoms with Crippen LogP contribution in [0.5, 0.6) is 0 Å². The number of halogens is 2. The van der Waals surface area contributed by atoms with Crippen molar-refractivity contribution in [2.45, 2.75) is 12.8 Å². The third kappa shape index (κ3) is 7.18. The first kappa shape index (κ1) is 10.3. The SMILES string of the molecule is CNC(=O)CCOCC(F)F. The van der Waals surface area contributed by atoms with Gasteiger partial charge in [-0.1, -0.05) is 0 Å². The molecule has 0 rings (SSSR count). The summed E-state index contributed by atoms with van der Waals surface area (Å²) in [5, 5.41) is 2.35. The van der Waals surface area contributed by atoms with Gasteiger partial charge in [-0.15, -0.1) is 0 Å². The molecule has 1 N–H and O–H groups in total. The van der Waals surface area contributed by atoms with Crippen LogP contribution in [0, 0.1) is 0 Å². The molecule has 5 heteroatoms. The van der Waals surface area contributed by atoms with E-state index in [1.807, 2.05) is 0 Å². The van der Waals surface area contributed by atoms with Crippen LogP contribution < -0.4 is 5.32 Å². The Kier molecular flexibility index (Phi) is 5.64. The second kappa shape index (κ2) is 6.03. The number of rotatable bonds is 5. The molecule has 11 heavy (non-hydrogen) atoms. The summed E-state index contributed by atoms with van der Waals surface area (Å²) < 4.78 is 27.3. The second-order valence-corrected chi connectivity index (χ2v) is 1.89. The summed E-state index contributed by atoms with van der Waals surface area (Å²) in [7, 11) is 1.48. The molecule has 0 radical (unpaired) electrons. The third-order valence-electron chi connectivity index (χ3n) is 0.996. The highest BCUT2D eigenvalue weighted by Crippen LogP contribution is 1.92. The molecule has 0 aromatic carbocycles. The Hall–Kier alpha value is -0.710. The molecule has 0 aliphatic carbocycles. The van der Waals surface area contributed by atoms with Crippen LogP contribution in [-0.4, -0.2) is 32.6 Å². The Bertz CT molecular complexity index is 119. The molecule has 1 amide bonds. The molecule has 0 atom stereocenters. The van der Waals surface area contributed by atoms with Crippen LogP contribution in [0.2, 0.25) is 0 Å². The predicted molar refractivity (Wildman–Crippen MR) is 35.5 cm³/mol. The number of hydrogen-bond donors (Lipinski definition) is 1. The van der Waals surface area contributed by atoms with E-state index < -0.39 is 13.0 Å². The zero-order valence-corrected chi connectivity index (χ0v) is 6.27. The minimum Gasteiger partial charge on any atom is -0.375 e. The zero-order valence-electron chi connectivity index (χ0n) is 6.27. The number of carbonyl (C=O) groups excluding carboxylic acids is 1. The van der Waals surface area contributed by atoms with Crippen LogP contribution in [0.1, 0.15) is 6.42 Å². The summed E-state index contributed by atoms with van der Waals surface area (Å²) in [4.78, 5) is 10.5. The number of ether oxygens (including phenoxy) is 1. The predicted octanol–water partition coefficient (Wildman–Crippen LogP) is 0.404. The number of nitrogens with one attached hydrogen (secondary N) is 1. The Morgan fingerprint density at radius 3 is 2.73 bits per heavy atom. The highest BCUT2D eigenvalue weighted by Gasteiger charge is 2.02. The first-order valence-corrected chi connectivity index (χ1v) is 3.23. The summed E-state index contributed by atoms with van der Waals surface area (Å²) in [6, 6.07) is 0. The molecule has 0 bridgehead atoms. The van der Waals surface area contributed by atoms with Gasteiger partial charge in [0.1, 0.15) is 6.61 Å². The van der Waals surface area contributed by atoms with Gasteiger partial charge in [0.05, 0.1) is 6.61 Å². The van der Waals surface area contributed by atoms with Gasteiger partial charge in [-0.3, -0.25) is 4.79 Å². The lowest BCUT2D eigenvalue weighted by Crippen LogP contribution is -2.20. The molecule has 0 unspecified atom stereocenters. The lowest BCUT2D eigenvalue weighted by atomic mass is 10.4. The maximum atomic E-state index is 11.4. The Balaban J connectivity index is 3.08. The third-order valence-corrected chi connectivity index (χ3v) is 0.996. The lowest BCUT2D eigenvalue weighted by Gasteiger charge is -2.01. The van der Waals surface area contributed by atoms with Crippen molar-refractivity contribution in [2.75, 3.05) is 20.3 Å². The van der Waals surface area contributed by atoms with E-state index in [1.165, 1.54) is 7.05 Å². The fraction of sp³-hybridized carbons (Fsp3) is 0.833. The summed E-state index contributed by atoms with van der Waals surface area (Å²) in [6.07, 6.45) is -2.33. The van der Waals surface area contributed by atoms with E-state index in [1.54, 1.807) is 0 Å². The highest BCUT2D eigenvalue weighted by atomic mass is 19.3. The van der Waals surface area contributed by atoms with Gasteiger partial charge < -0.3 is 10.1 Å². The van der Waals surface area contributed by atoms with Crippen molar-refractivity contribution in [3.63, 3.8) is 0 Å². The van der Waals surface area contributed by atoms with Crippen molar-refractivity contribution in [3.05, 3.63) is 0 Å². The van der Waals surface area contributed by atoms with Gasteiger partial charge in [0.25, 0.3) is 6.43 Å². The fourth-order valence-corrected chi connectivity index (χ4v) is 0.462. The summed E-state index contributed by atoms with van der Waals surface area (Å²) >= 11 is 0. The monoisotopic (exact) mass is 167 g/mol. The molecule has 0 spiro atoms. The van der Waals surface area contributed by atoms with Crippen molar-refractivity contribution < 1.29 is 18.3 Å². The molecule has 0 aromatic heterocycles. The van der Waals surface area contributed by atoms with Gasteiger partial charge in [0, 0.05) is 13.5 Å². The molecule has 3 nitrogen and oxygen atoms in total. The average Bonchev–Trinajstić information content (AvgIpc) is 1.97. The minimum absolute atomic E-state index is 0.0456. The van der Waals surface area contributed by atoms with Crippen molar-refractivity contribution in [1.29, 1.82) is 0 Å². The first-order chi connectivity index (χ1) is 5.16. The number of hydrogen-bond acceptors (Lipinski definition) is 2. The summed E-state index contributed by atoms with van der Waals surface area (Å²) in [6.45, 7) is -0.555. The van der Waals surface area contributed by atoms with Crippen LogP contribution in [0.25, 0.3) is 0 Å². The van der Waals surface area contributed by atoms with Gasteiger partial charge in [-0.2, -0.15) is 0 Å². The molecule has 0 fully saturated rings. The quantitative estimate of drug-likeness (QED) is 0.602. The Morgan fingerprint density at radius 2 is 2.27 bits per heavy atom. The maximum Gasteiger partial charge on any atom is 0.261 e. The van der Waals surface area contributed by atoms with Crippen LogP contribution in [0.4, 0.5) is 8.78 Å². The molecule has 0 saturated carbocycles. The standard InChI is InChI=1S/C6H11F2NO2/c1-9-6(10)2-3-11-4-5(7)8/h5H,2-4H2,1H3,(H,9,10). The molecule has 0 aromatic rings. The van der Waals surface area contributed by atoms with E-state index >= 15 is 0 Å². The van der Waals surface area contributed by atoms with Crippen LogP contribution in [-0.2, 0) is 9.53 Å². The van der Waals surface area contributed by atoms with E-state index in [2.05, 4.69) is 10.1 Å². The second-order valence-electron chi connectivity index (χ2n) is 1.89. The molecule has 0 heterocycles. The number of alkyl halides is 2. The molecular formula is C6H11F2NO2. The topological polar surface area (TPSA) is 38.3 Å². The van der Waals surface area contributed by atoms with Gasteiger partial charge >= 0.3 is 0 Å². The van der Waals surface area contributed by atoms with Crippen molar-refractivity contribution >= 4 is 5.91 Å². The van der Waals surface area contributed by atoms with Crippen LogP contribution in [0.15, 0.2) is 0 Å². The molecule has 66 valence electrons. The van der Waals surface area contributed by atoms with E-state index in [4.69, 9.17) is 0 Å². The van der Waals surface area contributed by atoms with Crippen molar-refractivity contribution in [2.24, 2.45) is 0 Å². The van der Waals surface area contributed by atoms with E-state index in [0.717, 1.165) is 0 Å². The smallest absolute Gasteiger partial charge is 0.261 e. The van der Waals surface area contributed by atoms with Crippen LogP contribution >= 0.6 is 0 Å². The maximum absolute atomic E-state index is 11.4. The first-order valence-electron chi connectivity index (χ1n) is 3.23. The molecular weight excluding hydrogens is 156 g/mol. The minimum atomic E-state index is -2.46. The largest absolute Gasteiger partial charge is 0.375 e. The van der Waals surface area contributed by atoms with Gasteiger partial charge in [-0.25, -0.2) is 8.78 Å². The van der Waals surface area contributed by atoms with Gasteiger partial charge in [-0.05, 0) is 0 Å². The normalized spacial score (nSPS) is 10.2. The van der Waals surface area contributed by atoms with Gasteiger partial charge in [0.15, 0.2) is 0 Å². The Labute approximate surface area is 63.7 Å². The van der Waals surface area contributed by atoms with Gasteiger partial charge in [0.2, 0.25) is 5.91 Å². The lowest BCUT2D eigenvalue weighted by molar-refractivity contribution is -0.122. The van der Waals surface area contributed by atoms with Crippen molar-refractivity contribution in [3.8, 4) is 0 Å². The zero-order chi connectivity index (χ0) is 8.69. The van der Waals surface area contributed by atoms with Crippen molar-refractivity contribution in [1.82, 2.24) is 5.32 Å². The molecule has 0 aliphatic rings. The van der Waals surface area contributed by atoms with E-state index in [0.29, 0.717) is 0 Å². The summed E-state index contributed by atoms with van der Waals surface area (Å²) in [5.74, 6) is -0.209. The number of carbonyl (C=O) groups is 1. The average molecular weight is 167 g/mol. The number of amides is 1. The highest BCUT2D eigenvalue weighted by molar-refractivity contribution is 5.75. The van der Waals surface area contributed by atoms with E-state index in [-0.39, 0.29) is 18.9 Å². The fourth-order valence-electron chi connectivity index (χ4n) is 0.462. The van der Waals surface area contributed by atoms with E-state index in [9.17, 15) is 13.6 Å². The van der Waals surface area contributed by atoms with Crippen LogP contribution in [0.3, 0.4) is 0 Å². The molecule has 0 aliphatic heterocycles. The Morgan fingerprint density at radius 1 is 1.64 bits per heavy atom. The molecule has 0 saturated heterocycles. The summed E-state index contributed by atoms with van der Waals surface area (Å²) in [5.41, 5.74) is 0.